The van der Waals surface area contributed by atoms with Crippen LogP contribution < -0.4 is 20.9 Å². The number of aromatic nitrogens is 2. The quantitative estimate of drug-likeness (QED) is 0.428. The first-order chi connectivity index (χ1) is 19.8. The lowest BCUT2D eigenvalue weighted by Gasteiger charge is -2.36. The molecule has 0 atom stereocenters. The topological polar surface area (TPSA) is 99.8 Å². The van der Waals surface area contributed by atoms with Crippen LogP contribution in [0.3, 0.4) is 0 Å². The third-order valence-corrected chi connectivity index (χ3v) is 8.33. The number of rotatable bonds is 8. The molecule has 2 aromatic heterocycles. The zero-order valence-corrected chi connectivity index (χ0v) is 24.8. The minimum absolute atomic E-state index is 0.141. The van der Waals surface area contributed by atoms with Gasteiger partial charge in [0.15, 0.2) is 0 Å². The van der Waals surface area contributed by atoms with Crippen LogP contribution in [0.15, 0.2) is 42.6 Å². The van der Waals surface area contributed by atoms with Crippen molar-refractivity contribution in [2.75, 3.05) is 68.5 Å². The average molecular weight is 558 g/mol. The van der Waals surface area contributed by atoms with Gasteiger partial charge in [-0.25, -0.2) is 9.97 Å². The molecule has 3 aromatic rings. The fraction of sp³-hybridized carbons (Fsp3) is 0.469. The highest BCUT2D eigenvalue weighted by Crippen LogP contribution is 2.31. The van der Waals surface area contributed by atoms with E-state index < -0.39 is 0 Å². The maximum absolute atomic E-state index is 13.6. The van der Waals surface area contributed by atoms with Crippen molar-refractivity contribution in [3.63, 3.8) is 0 Å². The van der Waals surface area contributed by atoms with Crippen LogP contribution in [0, 0.1) is 13.8 Å². The molecule has 218 valence electrons. The van der Waals surface area contributed by atoms with E-state index in [1.165, 1.54) is 0 Å². The van der Waals surface area contributed by atoms with Crippen LogP contribution in [0.5, 0.6) is 0 Å². The Balaban J connectivity index is 1.44. The Morgan fingerprint density at radius 1 is 1.07 bits per heavy atom. The summed E-state index contributed by atoms with van der Waals surface area (Å²) in [5.74, 6) is 1.31. The van der Waals surface area contributed by atoms with Gasteiger partial charge in [0.2, 0.25) is 0 Å². The fourth-order valence-electron chi connectivity index (χ4n) is 5.90. The van der Waals surface area contributed by atoms with Crippen LogP contribution in [0.1, 0.15) is 46.9 Å². The largest absolute Gasteiger partial charge is 0.383 e. The summed E-state index contributed by atoms with van der Waals surface area (Å²) in [7, 11) is 2.16. The number of nitrogen functional groups attached to an aromatic ring is 1. The van der Waals surface area contributed by atoms with E-state index >= 15 is 0 Å². The summed E-state index contributed by atoms with van der Waals surface area (Å²) >= 11 is 0. The van der Waals surface area contributed by atoms with Crippen LogP contribution in [-0.2, 0) is 11.3 Å². The Kier molecular flexibility index (Phi) is 9.05. The number of carbonyl (C=O) groups is 1. The van der Waals surface area contributed by atoms with Crippen molar-refractivity contribution in [3.8, 4) is 11.1 Å². The first-order valence-corrected chi connectivity index (χ1v) is 14.7. The molecule has 0 aliphatic carbocycles. The number of likely N-dealkylation sites (N-methyl/N-ethyl adjacent to an activating group) is 1. The molecular formula is C32H43N7O2. The van der Waals surface area contributed by atoms with Gasteiger partial charge in [0.25, 0.3) is 5.91 Å². The van der Waals surface area contributed by atoms with Crippen LogP contribution >= 0.6 is 0 Å². The van der Waals surface area contributed by atoms with Crippen LogP contribution in [0.25, 0.3) is 11.1 Å². The summed E-state index contributed by atoms with van der Waals surface area (Å²) in [4.78, 5) is 29.9. The Bertz CT molecular complexity index is 1320. The Morgan fingerprint density at radius 2 is 1.83 bits per heavy atom. The molecule has 3 N–H and O–H groups in total. The first-order valence-electron chi connectivity index (χ1n) is 14.7. The number of nitrogens with zero attached hydrogens (tertiary/aromatic N) is 5. The number of hydrogen-bond acceptors (Lipinski definition) is 8. The van der Waals surface area contributed by atoms with E-state index in [0.29, 0.717) is 24.0 Å². The second kappa shape index (κ2) is 12.9. The Labute approximate surface area is 243 Å². The highest BCUT2D eigenvalue weighted by atomic mass is 16.5. The van der Waals surface area contributed by atoms with Crippen molar-refractivity contribution >= 4 is 23.2 Å². The molecular weight excluding hydrogens is 514 g/mol. The van der Waals surface area contributed by atoms with Crippen molar-refractivity contribution < 1.29 is 9.53 Å². The molecule has 9 nitrogen and oxygen atoms in total. The Morgan fingerprint density at radius 3 is 2.49 bits per heavy atom. The molecule has 9 heteroatoms. The minimum atomic E-state index is -0.141. The molecule has 2 aliphatic heterocycles. The van der Waals surface area contributed by atoms with Gasteiger partial charge in [-0.2, -0.15) is 0 Å². The molecule has 5 rings (SSSR count). The van der Waals surface area contributed by atoms with E-state index in [9.17, 15) is 4.79 Å². The maximum Gasteiger partial charge on any atom is 0.251 e. The van der Waals surface area contributed by atoms with Gasteiger partial charge in [-0.05, 0) is 88.2 Å². The summed E-state index contributed by atoms with van der Waals surface area (Å²) in [6.07, 6.45) is 3.88. The monoisotopic (exact) mass is 557 g/mol. The molecule has 0 bridgehead atoms. The third kappa shape index (κ3) is 6.80. The summed E-state index contributed by atoms with van der Waals surface area (Å²) in [5, 5.41) is 3.09. The van der Waals surface area contributed by atoms with Gasteiger partial charge in [0.1, 0.15) is 11.6 Å². The number of amides is 1. The number of benzene rings is 1. The van der Waals surface area contributed by atoms with E-state index in [4.69, 9.17) is 15.5 Å². The average Bonchev–Trinajstić information content (AvgIpc) is 2.98. The van der Waals surface area contributed by atoms with E-state index in [0.717, 1.165) is 98.2 Å². The molecule has 41 heavy (non-hydrogen) atoms. The molecule has 0 radical (unpaired) electrons. The van der Waals surface area contributed by atoms with Crippen LogP contribution in [0.4, 0.5) is 17.3 Å². The Hall–Kier alpha value is -3.69. The van der Waals surface area contributed by atoms with E-state index in [-0.39, 0.29) is 5.91 Å². The molecule has 0 spiro atoms. The normalized spacial score (nSPS) is 16.5. The molecule has 0 saturated carbocycles. The fourth-order valence-corrected chi connectivity index (χ4v) is 5.90. The number of ether oxygens (including phenoxy) is 1. The highest BCUT2D eigenvalue weighted by molar-refractivity contribution is 5.97. The smallest absolute Gasteiger partial charge is 0.251 e. The number of nitrogens with two attached hydrogens (primary N) is 1. The van der Waals surface area contributed by atoms with Gasteiger partial charge >= 0.3 is 0 Å². The van der Waals surface area contributed by atoms with Crippen molar-refractivity contribution in [2.45, 2.75) is 46.2 Å². The number of aryl methyl sites for hydroxylation is 2. The standard InChI is InChI=1S/C32H43N7O2/c1-5-39(27-8-14-41-15-9-27)28-18-25(24-6-7-30(34-20-24)38-12-10-37(4)11-13-38)17-26(19-28)32(40)35-21-29-22(2)16-23(3)36-31(29)33/h6-7,16-20,27H,5,8-15,21H2,1-4H3,(H2,33,36)(H,35,40). The summed E-state index contributed by atoms with van der Waals surface area (Å²) in [5.41, 5.74) is 12.5. The SMILES string of the molecule is CCN(c1cc(C(=O)NCc2c(C)cc(C)nc2N)cc(-c2ccc(N3CCN(C)CC3)nc2)c1)C1CCOCC1. The summed E-state index contributed by atoms with van der Waals surface area (Å²) in [6, 6.07) is 12.7. The van der Waals surface area contributed by atoms with Gasteiger partial charge in [0, 0.05) is 92.8 Å². The summed E-state index contributed by atoms with van der Waals surface area (Å²) in [6.45, 7) is 12.8. The number of pyridine rings is 2. The highest BCUT2D eigenvalue weighted by Gasteiger charge is 2.23. The van der Waals surface area contributed by atoms with Gasteiger partial charge in [-0.1, -0.05) is 0 Å². The van der Waals surface area contributed by atoms with E-state index in [2.05, 4.69) is 57.2 Å². The second-order valence-corrected chi connectivity index (χ2v) is 11.2. The molecule has 2 fully saturated rings. The summed E-state index contributed by atoms with van der Waals surface area (Å²) < 4.78 is 5.63. The minimum Gasteiger partial charge on any atom is -0.383 e. The van der Waals surface area contributed by atoms with Crippen molar-refractivity contribution in [2.24, 2.45) is 0 Å². The lowest BCUT2D eigenvalue weighted by atomic mass is 10.00. The number of hydrogen-bond donors (Lipinski definition) is 2. The van der Waals surface area contributed by atoms with Crippen molar-refractivity contribution in [3.05, 3.63) is 65.0 Å². The molecule has 1 aromatic carbocycles. The lowest BCUT2D eigenvalue weighted by Crippen LogP contribution is -2.44. The van der Waals surface area contributed by atoms with E-state index in [1.54, 1.807) is 0 Å². The number of carbonyl (C=O) groups excluding carboxylic acids is 1. The van der Waals surface area contributed by atoms with Gasteiger partial charge in [-0.3, -0.25) is 4.79 Å². The zero-order chi connectivity index (χ0) is 28.9. The molecule has 4 heterocycles. The molecule has 2 aliphatic rings. The van der Waals surface area contributed by atoms with E-state index in [1.807, 2.05) is 38.2 Å². The predicted octanol–water partition coefficient (Wildman–Crippen LogP) is 4.03. The van der Waals surface area contributed by atoms with Gasteiger partial charge in [0.05, 0.1) is 0 Å². The first kappa shape index (κ1) is 28.8. The number of anilines is 3. The number of nitrogens with one attached hydrogen (secondary N) is 1. The predicted molar refractivity (Wildman–Crippen MR) is 166 cm³/mol. The van der Waals surface area contributed by atoms with Gasteiger partial charge < -0.3 is 30.5 Å². The molecule has 2 saturated heterocycles. The molecule has 0 unspecified atom stereocenters. The maximum atomic E-state index is 13.6. The van der Waals surface area contributed by atoms with Crippen molar-refractivity contribution in [1.29, 1.82) is 0 Å². The van der Waals surface area contributed by atoms with Crippen LogP contribution in [0.2, 0.25) is 0 Å². The number of piperazine rings is 1. The van der Waals surface area contributed by atoms with Crippen LogP contribution in [-0.4, -0.2) is 79.8 Å². The lowest BCUT2D eigenvalue weighted by molar-refractivity contribution is 0.0846. The molecule has 1 amide bonds. The van der Waals surface area contributed by atoms with Gasteiger partial charge in [-0.15, -0.1) is 0 Å². The third-order valence-electron chi connectivity index (χ3n) is 8.33. The zero-order valence-electron chi connectivity index (χ0n) is 24.8. The second-order valence-electron chi connectivity index (χ2n) is 11.2. The van der Waals surface area contributed by atoms with Crippen molar-refractivity contribution in [1.82, 2.24) is 20.2 Å².